The van der Waals surface area contributed by atoms with Crippen LogP contribution in [0, 0.1) is 0 Å². The Morgan fingerprint density at radius 2 is 1.53 bits per heavy atom. The van der Waals surface area contributed by atoms with Gasteiger partial charge in [0.1, 0.15) is 30.2 Å². The number of aliphatic hydroxyl groups is 1. The van der Waals surface area contributed by atoms with E-state index in [1.54, 1.807) is 6.33 Å². The molecule has 0 bridgehead atoms. The van der Waals surface area contributed by atoms with Crippen molar-refractivity contribution in [2.24, 2.45) is 0 Å². The molecule has 4 heterocycles. The molecule has 0 amide bonds. The maximum Gasteiger partial charge on any atom is 0.169 e. The van der Waals surface area contributed by atoms with E-state index in [2.05, 4.69) is 57.2 Å². The number of unbranched alkanes of at least 4 members (excludes halogenated alkanes) is 2. The molecule has 11 heteroatoms. The average Bonchev–Trinajstić information content (AvgIpc) is 3.46. The third-order valence-corrected chi connectivity index (χ3v) is 7.10. The predicted molar refractivity (Wildman–Crippen MR) is 137 cm³/mol. The van der Waals surface area contributed by atoms with E-state index < -0.39 is 18.1 Å². The minimum absolute atomic E-state index is 0.149. The monoisotopic (exact) mass is 507 g/mol. The van der Waals surface area contributed by atoms with E-state index in [1.165, 1.54) is 6.33 Å². The highest BCUT2D eigenvalue weighted by Gasteiger charge is 2.58. The molecule has 202 valence electrons. The van der Waals surface area contributed by atoms with Gasteiger partial charge in [-0.15, -0.1) is 0 Å². The third-order valence-electron chi connectivity index (χ3n) is 7.10. The smallest absolute Gasteiger partial charge is 0.169 e. The van der Waals surface area contributed by atoms with Crippen molar-refractivity contribution in [3.8, 4) is 0 Å². The van der Waals surface area contributed by atoms with Crippen LogP contribution in [-0.4, -0.2) is 120 Å². The van der Waals surface area contributed by atoms with Gasteiger partial charge in [-0.1, -0.05) is 0 Å². The second-order valence-corrected chi connectivity index (χ2v) is 12.3. The minimum Gasteiger partial charge on any atom is -0.394 e. The van der Waals surface area contributed by atoms with E-state index in [9.17, 15) is 5.11 Å². The molecule has 0 spiro atoms. The molecule has 2 fully saturated rings. The lowest BCUT2D eigenvalue weighted by atomic mass is 10.0. The number of nitrogen functional groups attached to an aromatic ring is 1. The number of nitrogens with zero attached hydrogens (tertiary/aromatic N) is 6. The Morgan fingerprint density at radius 1 is 0.917 bits per heavy atom. The number of imidazole rings is 1. The van der Waals surface area contributed by atoms with Crippen molar-refractivity contribution in [3.63, 3.8) is 0 Å². The quantitative estimate of drug-likeness (QED) is 0.328. The van der Waals surface area contributed by atoms with Gasteiger partial charge in [0.25, 0.3) is 0 Å². The molecule has 3 N–H and O–H groups in total. The maximum atomic E-state index is 10.1. The van der Waals surface area contributed by atoms with E-state index in [0.29, 0.717) is 17.0 Å². The number of rotatable bonds is 12. The number of nitrogens with two attached hydrogens (primary N) is 1. The summed E-state index contributed by atoms with van der Waals surface area (Å²) in [6.07, 6.45) is 7.16. The van der Waals surface area contributed by atoms with E-state index >= 15 is 0 Å². The zero-order valence-corrected chi connectivity index (χ0v) is 22.8. The average molecular weight is 508 g/mol. The highest BCUT2D eigenvalue weighted by atomic mass is 16.8. The van der Waals surface area contributed by atoms with Gasteiger partial charge in [-0.25, -0.2) is 15.0 Å². The molecule has 11 nitrogen and oxygen atoms in total. The van der Waals surface area contributed by atoms with Crippen LogP contribution in [0.25, 0.3) is 11.2 Å². The molecule has 2 saturated heterocycles. The zero-order valence-electron chi connectivity index (χ0n) is 22.8. The molecular formula is C25H45N7O4+2. The number of ether oxygens (including phenoxy) is 3. The van der Waals surface area contributed by atoms with Crippen molar-refractivity contribution in [1.82, 2.24) is 19.5 Å². The maximum absolute atomic E-state index is 10.1. The van der Waals surface area contributed by atoms with Crippen molar-refractivity contribution in [2.45, 2.75) is 68.9 Å². The first-order chi connectivity index (χ1) is 16.9. The lowest BCUT2D eigenvalue weighted by molar-refractivity contribution is -0.870. The Bertz CT molecular complexity index is 994. The largest absolute Gasteiger partial charge is 0.394 e. The molecule has 2 aromatic heterocycles. The Morgan fingerprint density at radius 3 is 2.11 bits per heavy atom. The van der Waals surface area contributed by atoms with Crippen LogP contribution in [0.5, 0.6) is 0 Å². The number of anilines is 1. The first kappa shape index (κ1) is 27.2. The molecule has 36 heavy (non-hydrogen) atoms. The van der Waals surface area contributed by atoms with Gasteiger partial charge in [-0.2, -0.15) is 0 Å². The number of aromatic nitrogens is 4. The van der Waals surface area contributed by atoms with Crippen LogP contribution in [0.4, 0.5) is 5.82 Å². The normalized spacial score (nSPS) is 26.1. The first-order valence-electron chi connectivity index (χ1n) is 13.1. The van der Waals surface area contributed by atoms with E-state index in [1.807, 2.05) is 4.57 Å². The fourth-order valence-electron chi connectivity index (χ4n) is 5.25. The molecule has 0 saturated carbocycles. The van der Waals surface area contributed by atoms with Gasteiger partial charge in [0.2, 0.25) is 0 Å². The standard InChI is InChI=1S/C25H45N7O4/c1-31(2,3)13-9-7-11-25(12-8-10-14-32(4,5)6)35-20-18(15-33)34-24(21(20)36-25)30-17-29-19-22(26)27-16-28-23(19)30/h16-18,20-21,24,33H,7-15H2,1-6H3,(H2,26,27,28)/q+2. The van der Waals surface area contributed by atoms with E-state index in [0.717, 1.165) is 60.6 Å². The van der Waals surface area contributed by atoms with Gasteiger partial charge in [-0.05, 0) is 25.7 Å². The second kappa shape index (κ2) is 10.5. The van der Waals surface area contributed by atoms with Crippen molar-refractivity contribution < 1.29 is 28.3 Å². The summed E-state index contributed by atoms with van der Waals surface area (Å²) < 4.78 is 23.4. The third kappa shape index (κ3) is 6.15. The Balaban J connectivity index is 1.54. The zero-order chi connectivity index (χ0) is 26.1. The number of hydrogen-bond acceptors (Lipinski definition) is 8. The molecule has 2 aromatic rings. The SMILES string of the molecule is C[N+](C)(C)CCCCC1(CCCC[N+](C)(C)C)OC2C(CO)OC(n3cnc4c(N)ncnc43)C2O1. The van der Waals surface area contributed by atoms with E-state index in [-0.39, 0.29) is 18.8 Å². The van der Waals surface area contributed by atoms with Crippen molar-refractivity contribution in [2.75, 3.05) is 67.7 Å². The lowest BCUT2D eigenvalue weighted by Gasteiger charge is -2.32. The van der Waals surface area contributed by atoms with Gasteiger partial charge in [0.15, 0.2) is 23.5 Å². The Kier molecular flexibility index (Phi) is 7.89. The van der Waals surface area contributed by atoms with Gasteiger partial charge in [0.05, 0.1) is 68.3 Å². The molecule has 2 aliphatic heterocycles. The first-order valence-corrected chi connectivity index (χ1v) is 13.1. The van der Waals surface area contributed by atoms with Gasteiger partial charge in [-0.3, -0.25) is 4.57 Å². The van der Waals surface area contributed by atoms with Crippen molar-refractivity contribution >= 4 is 17.0 Å². The molecule has 4 atom stereocenters. The van der Waals surface area contributed by atoms with Crippen LogP contribution in [-0.2, 0) is 14.2 Å². The van der Waals surface area contributed by atoms with Gasteiger partial charge in [0, 0.05) is 12.8 Å². The summed E-state index contributed by atoms with van der Waals surface area (Å²) in [6.45, 7) is 2.04. The van der Waals surface area contributed by atoms with Crippen LogP contribution in [0.15, 0.2) is 12.7 Å². The van der Waals surface area contributed by atoms with Crippen molar-refractivity contribution in [1.29, 1.82) is 0 Å². The van der Waals surface area contributed by atoms with Crippen LogP contribution < -0.4 is 5.73 Å². The molecule has 0 aromatic carbocycles. The number of hydrogen-bond donors (Lipinski definition) is 2. The topological polar surface area (TPSA) is 118 Å². The second-order valence-electron chi connectivity index (χ2n) is 12.3. The highest BCUT2D eigenvalue weighted by molar-refractivity contribution is 5.81. The molecular weight excluding hydrogens is 462 g/mol. The predicted octanol–water partition coefficient (Wildman–Crippen LogP) is 1.53. The summed E-state index contributed by atoms with van der Waals surface area (Å²) in [4.78, 5) is 12.8. The number of fused-ring (bicyclic) bond motifs is 2. The highest BCUT2D eigenvalue weighted by Crippen LogP contribution is 2.47. The lowest BCUT2D eigenvalue weighted by Crippen LogP contribution is -2.38. The van der Waals surface area contributed by atoms with Crippen molar-refractivity contribution in [3.05, 3.63) is 12.7 Å². The summed E-state index contributed by atoms with van der Waals surface area (Å²) in [5.74, 6) is -0.371. The minimum atomic E-state index is -0.690. The summed E-state index contributed by atoms with van der Waals surface area (Å²) in [6, 6.07) is 0. The molecule has 4 rings (SSSR count). The summed E-state index contributed by atoms with van der Waals surface area (Å²) in [5, 5.41) is 10.1. The molecule has 2 aliphatic rings. The van der Waals surface area contributed by atoms with Gasteiger partial charge >= 0.3 is 0 Å². The number of aliphatic hydroxyl groups excluding tert-OH is 1. The fraction of sp³-hybridized carbons (Fsp3) is 0.800. The fourth-order valence-corrected chi connectivity index (χ4v) is 5.25. The summed E-state index contributed by atoms with van der Waals surface area (Å²) in [5.41, 5.74) is 7.11. The van der Waals surface area contributed by atoms with Crippen LogP contribution >= 0.6 is 0 Å². The molecule has 0 aliphatic carbocycles. The number of quaternary nitrogens is 2. The van der Waals surface area contributed by atoms with Gasteiger partial charge < -0.3 is 34.0 Å². The van der Waals surface area contributed by atoms with Crippen LogP contribution in [0.1, 0.15) is 44.8 Å². The van der Waals surface area contributed by atoms with Crippen LogP contribution in [0.3, 0.4) is 0 Å². The van der Waals surface area contributed by atoms with Crippen LogP contribution in [0.2, 0.25) is 0 Å². The summed E-state index contributed by atoms with van der Waals surface area (Å²) >= 11 is 0. The Labute approximate surface area is 214 Å². The Hall–Kier alpha value is -1.89. The summed E-state index contributed by atoms with van der Waals surface area (Å²) in [7, 11) is 13.3. The van der Waals surface area contributed by atoms with E-state index in [4.69, 9.17) is 19.9 Å². The molecule has 4 unspecified atom stereocenters. The molecule has 0 radical (unpaired) electrons.